The monoisotopic (exact) mass is 265 g/mol. The molecule has 0 unspecified atom stereocenters. The largest absolute Gasteiger partial charge is 0.478 e. The lowest BCUT2D eigenvalue weighted by molar-refractivity contribution is 0.0693. The Labute approximate surface area is 107 Å². The molecule has 0 bridgehead atoms. The molecule has 0 aliphatic heterocycles. The molecule has 1 aromatic carbocycles. The van der Waals surface area contributed by atoms with Gasteiger partial charge in [-0.15, -0.1) is 5.10 Å². The van der Waals surface area contributed by atoms with E-state index < -0.39 is 17.3 Å². The van der Waals surface area contributed by atoms with E-state index in [1.807, 2.05) is 0 Å². The summed E-state index contributed by atoms with van der Waals surface area (Å²) in [6, 6.07) is 2.51. The van der Waals surface area contributed by atoms with E-state index in [2.05, 4.69) is 10.3 Å². The molecule has 19 heavy (non-hydrogen) atoms. The number of carbonyl (C=O) groups is 1. The number of carboxylic acids is 1. The fraction of sp³-hybridized carbons (Fsp3) is 0.417. The van der Waals surface area contributed by atoms with Crippen molar-refractivity contribution in [3.05, 3.63) is 23.5 Å². The van der Waals surface area contributed by atoms with Gasteiger partial charge in [-0.05, 0) is 25.0 Å². The van der Waals surface area contributed by atoms with Gasteiger partial charge >= 0.3 is 5.97 Å². The summed E-state index contributed by atoms with van der Waals surface area (Å²) in [5.41, 5.74) is 0.172. The predicted molar refractivity (Wildman–Crippen MR) is 63.4 cm³/mol. The van der Waals surface area contributed by atoms with E-state index >= 15 is 0 Å². The Morgan fingerprint density at radius 1 is 1.53 bits per heavy atom. The van der Waals surface area contributed by atoms with Crippen LogP contribution in [0.1, 0.15) is 23.2 Å². The van der Waals surface area contributed by atoms with Crippen LogP contribution in [-0.4, -0.2) is 38.8 Å². The SMILES string of the molecule is O=C(O)c1c(F)ccc2nnn(CCOC3CC3)c12. The molecule has 0 atom stereocenters. The molecule has 0 spiro atoms. The van der Waals surface area contributed by atoms with Crippen molar-refractivity contribution in [2.24, 2.45) is 0 Å². The van der Waals surface area contributed by atoms with E-state index in [1.165, 1.54) is 10.7 Å². The van der Waals surface area contributed by atoms with Gasteiger partial charge in [0.1, 0.15) is 22.4 Å². The first-order chi connectivity index (χ1) is 9.16. The highest BCUT2D eigenvalue weighted by Crippen LogP contribution is 2.24. The standard InChI is InChI=1S/C12H12FN3O3/c13-8-3-4-9-11(10(8)12(17)18)16(15-14-9)5-6-19-7-1-2-7/h3-4,7H,1-2,5-6H2,(H,17,18). The zero-order valence-electron chi connectivity index (χ0n) is 10.0. The molecule has 2 aromatic rings. The molecule has 100 valence electrons. The Morgan fingerprint density at radius 2 is 2.32 bits per heavy atom. The first-order valence-corrected chi connectivity index (χ1v) is 6.03. The number of aromatic carboxylic acids is 1. The number of hydrogen-bond acceptors (Lipinski definition) is 4. The Hall–Kier alpha value is -2.02. The second kappa shape index (κ2) is 4.58. The number of carboxylic acid groups (broad SMARTS) is 1. The lowest BCUT2D eigenvalue weighted by Crippen LogP contribution is -2.11. The van der Waals surface area contributed by atoms with Crippen molar-refractivity contribution in [1.29, 1.82) is 0 Å². The van der Waals surface area contributed by atoms with Crippen LogP contribution >= 0.6 is 0 Å². The van der Waals surface area contributed by atoms with Crippen molar-refractivity contribution in [3.8, 4) is 0 Å². The normalized spacial score (nSPS) is 15.0. The van der Waals surface area contributed by atoms with Crippen LogP contribution < -0.4 is 0 Å². The van der Waals surface area contributed by atoms with E-state index in [0.717, 1.165) is 18.9 Å². The molecule has 7 heteroatoms. The van der Waals surface area contributed by atoms with Gasteiger partial charge in [0.05, 0.1) is 19.3 Å². The zero-order valence-corrected chi connectivity index (χ0v) is 10.0. The first-order valence-electron chi connectivity index (χ1n) is 6.03. The second-order valence-electron chi connectivity index (χ2n) is 4.48. The van der Waals surface area contributed by atoms with Gasteiger partial charge in [-0.2, -0.15) is 0 Å². The molecule has 1 heterocycles. The number of aromatic nitrogens is 3. The fourth-order valence-corrected chi connectivity index (χ4v) is 1.94. The molecule has 0 saturated heterocycles. The molecular weight excluding hydrogens is 253 g/mol. The third-order valence-corrected chi connectivity index (χ3v) is 3.02. The van der Waals surface area contributed by atoms with E-state index in [9.17, 15) is 9.18 Å². The molecule has 1 aliphatic carbocycles. The molecule has 0 amide bonds. The average molecular weight is 265 g/mol. The van der Waals surface area contributed by atoms with Gasteiger partial charge in [0.15, 0.2) is 0 Å². The number of benzene rings is 1. The Balaban J connectivity index is 1.94. The molecular formula is C12H12FN3O3. The average Bonchev–Trinajstić information content (AvgIpc) is 3.10. The van der Waals surface area contributed by atoms with Crippen LogP contribution in [-0.2, 0) is 11.3 Å². The number of ether oxygens (including phenoxy) is 1. The smallest absolute Gasteiger partial charge is 0.340 e. The van der Waals surface area contributed by atoms with Gasteiger partial charge < -0.3 is 9.84 Å². The highest BCUT2D eigenvalue weighted by Gasteiger charge is 2.23. The Morgan fingerprint density at radius 3 is 3.00 bits per heavy atom. The van der Waals surface area contributed by atoms with E-state index in [4.69, 9.17) is 9.84 Å². The third kappa shape index (κ3) is 2.28. The topological polar surface area (TPSA) is 77.2 Å². The molecule has 1 saturated carbocycles. The fourth-order valence-electron chi connectivity index (χ4n) is 1.94. The summed E-state index contributed by atoms with van der Waals surface area (Å²) >= 11 is 0. The lowest BCUT2D eigenvalue weighted by atomic mass is 10.1. The molecule has 0 radical (unpaired) electrons. The minimum Gasteiger partial charge on any atom is -0.478 e. The van der Waals surface area contributed by atoms with Crippen molar-refractivity contribution < 1.29 is 19.0 Å². The summed E-state index contributed by atoms with van der Waals surface area (Å²) < 4.78 is 20.5. The molecule has 1 fully saturated rings. The van der Waals surface area contributed by atoms with Crippen molar-refractivity contribution in [1.82, 2.24) is 15.0 Å². The van der Waals surface area contributed by atoms with Gasteiger partial charge in [0.2, 0.25) is 0 Å². The maximum Gasteiger partial charge on any atom is 0.340 e. The van der Waals surface area contributed by atoms with Crippen LogP contribution in [0.4, 0.5) is 4.39 Å². The van der Waals surface area contributed by atoms with E-state index in [-0.39, 0.29) is 5.52 Å². The van der Waals surface area contributed by atoms with Crippen LogP contribution in [0.15, 0.2) is 12.1 Å². The summed E-state index contributed by atoms with van der Waals surface area (Å²) in [6.45, 7) is 0.773. The number of hydrogen-bond donors (Lipinski definition) is 1. The highest BCUT2D eigenvalue weighted by atomic mass is 19.1. The maximum atomic E-state index is 13.6. The van der Waals surface area contributed by atoms with Gasteiger partial charge in [-0.25, -0.2) is 13.9 Å². The number of halogens is 1. The number of fused-ring (bicyclic) bond motifs is 1. The highest BCUT2D eigenvalue weighted by molar-refractivity contribution is 6.01. The van der Waals surface area contributed by atoms with Gasteiger partial charge in [-0.3, -0.25) is 0 Å². The minimum atomic E-state index is -1.32. The summed E-state index contributed by atoms with van der Waals surface area (Å²) in [5, 5.41) is 16.8. The maximum absolute atomic E-state index is 13.6. The van der Waals surface area contributed by atoms with Gasteiger partial charge in [0.25, 0.3) is 0 Å². The van der Waals surface area contributed by atoms with Crippen molar-refractivity contribution in [2.75, 3.05) is 6.61 Å². The van der Waals surface area contributed by atoms with Crippen LogP contribution in [0.3, 0.4) is 0 Å². The van der Waals surface area contributed by atoms with Crippen LogP contribution in [0.2, 0.25) is 0 Å². The summed E-state index contributed by atoms with van der Waals surface area (Å²) in [7, 11) is 0. The van der Waals surface area contributed by atoms with E-state index in [1.54, 1.807) is 0 Å². The second-order valence-corrected chi connectivity index (χ2v) is 4.48. The molecule has 1 aromatic heterocycles. The predicted octanol–water partition coefficient (Wildman–Crippen LogP) is 1.45. The lowest BCUT2D eigenvalue weighted by Gasteiger charge is -2.05. The number of rotatable bonds is 5. The first kappa shape index (κ1) is 12.0. The molecule has 6 nitrogen and oxygen atoms in total. The third-order valence-electron chi connectivity index (χ3n) is 3.02. The van der Waals surface area contributed by atoms with Crippen LogP contribution in [0.5, 0.6) is 0 Å². The molecule has 1 N–H and O–H groups in total. The summed E-state index contributed by atoms with van der Waals surface area (Å²) in [5.74, 6) is -2.11. The van der Waals surface area contributed by atoms with Crippen LogP contribution in [0.25, 0.3) is 11.0 Å². The van der Waals surface area contributed by atoms with E-state index in [0.29, 0.717) is 24.8 Å². The Bertz CT molecular complexity index is 636. The zero-order chi connectivity index (χ0) is 13.4. The number of nitrogens with zero attached hydrogens (tertiary/aromatic N) is 3. The van der Waals surface area contributed by atoms with Gasteiger partial charge in [0, 0.05) is 0 Å². The minimum absolute atomic E-state index is 0.201. The quantitative estimate of drug-likeness (QED) is 0.885. The molecule has 3 rings (SSSR count). The van der Waals surface area contributed by atoms with Crippen molar-refractivity contribution >= 4 is 17.0 Å². The van der Waals surface area contributed by atoms with Crippen molar-refractivity contribution in [2.45, 2.75) is 25.5 Å². The van der Waals surface area contributed by atoms with Crippen molar-refractivity contribution in [3.63, 3.8) is 0 Å². The van der Waals surface area contributed by atoms with Gasteiger partial charge in [-0.1, -0.05) is 5.21 Å². The molecule has 1 aliphatic rings. The van der Waals surface area contributed by atoms with Crippen LogP contribution in [0, 0.1) is 5.82 Å². The summed E-state index contributed by atoms with van der Waals surface area (Å²) in [6.07, 6.45) is 2.44. The summed E-state index contributed by atoms with van der Waals surface area (Å²) in [4.78, 5) is 11.1. The Kier molecular flexibility index (Phi) is 2.90.